The normalized spacial score (nSPS) is 16.4. The second-order valence-corrected chi connectivity index (χ2v) is 7.14. The summed E-state index contributed by atoms with van der Waals surface area (Å²) in [6, 6.07) is 11.3. The highest BCUT2D eigenvalue weighted by Crippen LogP contribution is 2.25. The monoisotopic (exact) mass is 380 g/mol. The lowest BCUT2D eigenvalue weighted by Gasteiger charge is -2.34. The van der Waals surface area contributed by atoms with Crippen LogP contribution < -0.4 is 10.1 Å². The van der Waals surface area contributed by atoms with Gasteiger partial charge in [-0.15, -0.1) is 11.3 Å². The second-order valence-electron chi connectivity index (χ2n) is 5.73. The molecule has 3 rings (SSSR count). The summed E-state index contributed by atoms with van der Waals surface area (Å²) < 4.78 is 10.9. The lowest BCUT2D eigenvalue weighted by molar-refractivity contribution is -0.123. The Kier molecular flexibility index (Phi) is 6.69. The molecule has 0 radical (unpaired) electrons. The predicted molar refractivity (Wildman–Crippen MR) is 99.4 cm³/mol. The summed E-state index contributed by atoms with van der Waals surface area (Å²) in [5, 5.41) is 5.69. The number of hydrogen-bond acceptors (Lipinski definition) is 5. The van der Waals surface area contributed by atoms with Crippen LogP contribution in [0, 0.1) is 0 Å². The van der Waals surface area contributed by atoms with Crippen molar-refractivity contribution in [1.29, 1.82) is 0 Å². The molecular formula is C18H21ClN2O3S. The highest BCUT2D eigenvalue weighted by molar-refractivity contribution is 7.10. The largest absolute Gasteiger partial charge is 0.484 e. The Labute approximate surface area is 156 Å². The fraction of sp³-hybridized carbons (Fsp3) is 0.389. The average molecular weight is 381 g/mol. The van der Waals surface area contributed by atoms with E-state index in [1.165, 1.54) is 4.88 Å². The summed E-state index contributed by atoms with van der Waals surface area (Å²) >= 11 is 7.54. The van der Waals surface area contributed by atoms with Crippen molar-refractivity contribution in [3.63, 3.8) is 0 Å². The quantitative estimate of drug-likeness (QED) is 0.802. The maximum Gasteiger partial charge on any atom is 0.258 e. The zero-order valence-electron chi connectivity index (χ0n) is 13.8. The Morgan fingerprint density at radius 1 is 1.28 bits per heavy atom. The molecular weight excluding hydrogens is 360 g/mol. The van der Waals surface area contributed by atoms with Crippen LogP contribution in [0.4, 0.5) is 0 Å². The van der Waals surface area contributed by atoms with Gasteiger partial charge in [-0.05, 0) is 35.7 Å². The minimum absolute atomic E-state index is 0.0120. The summed E-state index contributed by atoms with van der Waals surface area (Å²) in [7, 11) is 0. The molecule has 2 heterocycles. The van der Waals surface area contributed by atoms with E-state index in [0.29, 0.717) is 17.3 Å². The minimum atomic E-state index is -0.134. The van der Waals surface area contributed by atoms with Crippen LogP contribution in [0.1, 0.15) is 10.9 Å². The zero-order chi connectivity index (χ0) is 17.5. The Hall–Kier alpha value is -1.60. The van der Waals surface area contributed by atoms with Crippen molar-refractivity contribution in [2.45, 2.75) is 6.04 Å². The van der Waals surface area contributed by atoms with Gasteiger partial charge in [-0.25, -0.2) is 0 Å². The van der Waals surface area contributed by atoms with Gasteiger partial charge in [0.25, 0.3) is 5.91 Å². The van der Waals surface area contributed by atoms with Crippen LogP contribution in [-0.2, 0) is 9.53 Å². The molecule has 134 valence electrons. The summed E-state index contributed by atoms with van der Waals surface area (Å²) in [4.78, 5) is 15.7. The molecule has 1 N–H and O–H groups in total. The van der Waals surface area contributed by atoms with Gasteiger partial charge in [-0.1, -0.05) is 17.7 Å². The molecule has 1 fully saturated rings. The topological polar surface area (TPSA) is 50.8 Å². The average Bonchev–Trinajstić information content (AvgIpc) is 3.17. The van der Waals surface area contributed by atoms with Gasteiger partial charge in [0.15, 0.2) is 6.61 Å². The van der Waals surface area contributed by atoms with E-state index in [2.05, 4.69) is 21.7 Å². The van der Waals surface area contributed by atoms with Crippen LogP contribution in [-0.4, -0.2) is 50.3 Å². The fourth-order valence-electron chi connectivity index (χ4n) is 2.72. The number of nitrogens with zero attached hydrogens (tertiary/aromatic N) is 1. The molecule has 0 spiro atoms. The summed E-state index contributed by atoms with van der Waals surface area (Å²) in [5.41, 5.74) is 0. The van der Waals surface area contributed by atoms with E-state index in [9.17, 15) is 4.79 Å². The molecule has 0 unspecified atom stereocenters. The Balaban J connectivity index is 1.51. The Bertz CT molecular complexity index is 657. The molecule has 7 heteroatoms. The number of carbonyl (C=O) groups excluding carboxylic acids is 1. The van der Waals surface area contributed by atoms with Gasteiger partial charge in [0.05, 0.1) is 19.3 Å². The molecule has 2 aromatic rings. The third-order valence-electron chi connectivity index (χ3n) is 4.03. The summed E-state index contributed by atoms with van der Waals surface area (Å²) in [6.45, 7) is 3.76. The first-order valence-corrected chi connectivity index (χ1v) is 9.48. The van der Waals surface area contributed by atoms with Gasteiger partial charge < -0.3 is 14.8 Å². The number of hydrogen-bond donors (Lipinski definition) is 1. The molecule has 1 saturated heterocycles. The lowest BCUT2D eigenvalue weighted by Crippen LogP contribution is -2.44. The number of thiophene rings is 1. The number of amides is 1. The third kappa shape index (κ3) is 5.44. The number of benzene rings is 1. The van der Waals surface area contributed by atoms with Gasteiger partial charge in [-0.3, -0.25) is 9.69 Å². The maximum atomic E-state index is 12.1. The highest BCUT2D eigenvalue weighted by Gasteiger charge is 2.23. The molecule has 0 saturated carbocycles. The van der Waals surface area contributed by atoms with Crippen molar-refractivity contribution < 1.29 is 14.3 Å². The first-order valence-electron chi connectivity index (χ1n) is 8.22. The van der Waals surface area contributed by atoms with Crippen LogP contribution in [0.5, 0.6) is 5.75 Å². The van der Waals surface area contributed by atoms with Crippen LogP contribution in [0.3, 0.4) is 0 Å². The van der Waals surface area contributed by atoms with E-state index in [-0.39, 0.29) is 18.6 Å². The van der Waals surface area contributed by atoms with Crippen molar-refractivity contribution in [3.8, 4) is 5.75 Å². The van der Waals surface area contributed by atoms with E-state index in [4.69, 9.17) is 21.1 Å². The SMILES string of the molecule is O=C(COc1ccc(Cl)cc1)NC[C@H](c1cccs1)N1CCOCC1. The van der Waals surface area contributed by atoms with Crippen LogP contribution in [0.15, 0.2) is 41.8 Å². The number of morpholine rings is 1. The van der Waals surface area contributed by atoms with Crippen LogP contribution in [0.2, 0.25) is 5.02 Å². The Morgan fingerprint density at radius 2 is 2.04 bits per heavy atom. The number of ether oxygens (including phenoxy) is 2. The Morgan fingerprint density at radius 3 is 2.72 bits per heavy atom. The van der Waals surface area contributed by atoms with Crippen LogP contribution >= 0.6 is 22.9 Å². The molecule has 5 nitrogen and oxygen atoms in total. The molecule has 25 heavy (non-hydrogen) atoms. The van der Waals surface area contributed by atoms with E-state index < -0.39 is 0 Å². The van der Waals surface area contributed by atoms with E-state index in [1.807, 2.05) is 6.07 Å². The van der Waals surface area contributed by atoms with Crippen molar-refractivity contribution in [1.82, 2.24) is 10.2 Å². The molecule has 1 aromatic heterocycles. The molecule has 1 aliphatic heterocycles. The van der Waals surface area contributed by atoms with Crippen molar-refractivity contribution in [2.24, 2.45) is 0 Å². The number of nitrogens with one attached hydrogen (secondary N) is 1. The van der Waals surface area contributed by atoms with Gasteiger partial charge in [0, 0.05) is 29.5 Å². The minimum Gasteiger partial charge on any atom is -0.484 e. The lowest BCUT2D eigenvalue weighted by atomic mass is 10.2. The van der Waals surface area contributed by atoms with Crippen LogP contribution in [0.25, 0.3) is 0 Å². The van der Waals surface area contributed by atoms with Gasteiger partial charge in [0.2, 0.25) is 0 Å². The first-order chi connectivity index (χ1) is 12.2. The van der Waals surface area contributed by atoms with E-state index in [0.717, 1.165) is 26.3 Å². The smallest absolute Gasteiger partial charge is 0.258 e. The molecule has 1 aromatic carbocycles. The molecule has 1 atom stereocenters. The third-order valence-corrected chi connectivity index (χ3v) is 5.26. The summed E-state index contributed by atoms with van der Waals surface area (Å²) in [5.74, 6) is 0.493. The number of rotatable bonds is 7. The van der Waals surface area contributed by atoms with Crippen molar-refractivity contribution in [3.05, 3.63) is 51.7 Å². The van der Waals surface area contributed by atoms with Crippen molar-refractivity contribution >= 4 is 28.8 Å². The second kappa shape index (κ2) is 9.20. The predicted octanol–water partition coefficient (Wildman–Crippen LogP) is 2.97. The molecule has 0 aliphatic carbocycles. The number of carbonyl (C=O) groups is 1. The molecule has 1 aliphatic rings. The maximum absolute atomic E-state index is 12.1. The summed E-state index contributed by atoms with van der Waals surface area (Å²) in [6.07, 6.45) is 0. The van der Waals surface area contributed by atoms with Gasteiger partial charge in [-0.2, -0.15) is 0 Å². The van der Waals surface area contributed by atoms with Gasteiger partial charge in [0.1, 0.15) is 5.75 Å². The van der Waals surface area contributed by atoms with E-state index in [1.54, 1.807) is 35.6 Å². The van der Waals surface area contributed by atoms with Crippen molar-refractivity contribution in [2.75, 3.05) is 39.5 Å². The molecule has 1 amide bonds. The standard InChI is InChI=1S/C18H21ClN2O3S/c19-14-3-5-15(6-4-14)24-13-18(22)20-12-16(17-2-1-11-25-17)21-7-9-23-10-8-21/h1-6,11,16H,7-10,12-13H2,(H,20,22)/t16-/m1/s1. The molecule has 0 bridgehead atoms. The number of halogens is 1. The van der Waals surface area contributed by atoms with E-state index >= 15 is 0 Å². The fourth-order valence-corrected chi connectivity index (χ4v) is 3.71. The first kappa shape index (κ1) is 18.2. The van der Waals surface area contributed by atoms with Gasteiger partial charge >= 0.3 is 0 Å². The zero-order valence-corrected chi connectivity index (χ0v) is 15.4. The highest BCUT2D eigenvalue weighted by atomic mass is 35.5.